The molecule has 1 unspecified atom stereocenters. The third kappa shape index (κ3) is 4.12. The highest BCUT2D eigenvalue weighted by atomic mass is 19.1. The van der Waals surface area contributed by atoms with Crippen LogP contribution >= 0.6 is 0 Å². The van der Waals surface area contributed by atoms with Crippen LogP contribution < -0.4 is 0 Å². The van der Waals surface area contributed by atoms with Crippen LogP contribution in [0.2, 0.25) is 0 Å². The maximum absolute atomic E-state index is 13.0. The second kappa shape index (κ2) is 8.17. The fraction of sp³-hybridized carbons (Fsp3) is 0.400. The molecule has 1 aliphatic rings. The van der Waals surface area contributed by atoms with E-state index in [1.807, 2.05) is 4.90 Å². The van der Waals surface area contributed by atoms with Gasteiger partial charge in [-0.1, -0.05) is 6.92 Å². The first-order valence-corrected chi connectivity index (χ1v) is 8.91. The normalized spacial score (nSPS) is 17.2. The molecule has 0 saturated carbocycles. The molecule has 0 N–H and O–H groups in total. The Morgan fingerprint density at radius 1 is 1.19 bits per heavy atom. The summed E-state index contributed by atoms with van der Waals surface area (Å²) in [5, 5.41) is 0. The minimum absolute atomic E-state index is 0.0165. The van der Waals surface area contributed by atoms with Gasteiger partial charge < -0.3 is 14.1 Å². The van der Waals surface area contributed by atoms with E-state index in [0.717, 1.165) is 25.7 Å². The number of nitrogens with zero attached hydrogens (tertiary/aromatic N) is 1. The highest BCUT2D eigenvalue weighted by molar-refractivity contribution is 5.89. The van der Waals surface area contributed by atoms with Gasteiger partial charge in [-0.3, -0.25) is 4.79 Å². The van der Waals surface area contributed by atoms with Crippen LogP contribution in [-0.4, -0.2) is 36.0 Å². The average Bonchev–Trinajstić information content (AvgIpc) is 3.16. The van der Waals surface area contributed by atoms with E-state index in [1.165, 1.54) is 18.2 Å². The molecule has 2 aromatic rings. The first-order chi connectivity index (χ1) is 12.6. The molecule has 0 spiro atoms. The van der Waals surface area contributed by atoms with E-state index in [1.54, 1.807) is 18.2 Å². The molecule has 1 aliphatic heterocycles. The third-order valence-corrected chi connectivity index (χ3v) is 4.68. The van der Waals surface area contributed by atoms with Crippen molar-refractivity contribution >= 4 is 11.9 Å². The van der Waals surface area contributed by atoms with Crippen LogP contribution in [0.3, 0.4) is 0 Å². The summed E-state index contributed by atoms with van der Waals surface area (Å²) in [5.74, 6) is -0.748. The molecular weight excluding hydrogens is 337 g/mol. The molecule has 3 rings (SSSR count). The number of carbonyl (C=O) groups excluding carboxylic acids is 2. The van der Waals surface area contributed by atoms with Crippen molar-refractivity contribution in [2.45, 2.75) is 38.6 Å². The van der Waals surface area contributed by atoms with E-state index in [9.17, 15) is 14.0 Å². The van der Waals surface area contributed by atoms with Crippen molar-refractivity contribution < 1.29 is 23.1 Å². The largest absolute Gasteiger partial charge is 0.450 e. The van der Waals surface area contributed by atoms with E-state index < -0.39 is 5.97 Å². The lowest BCUT2D eigenvalue weighted by molar-refractivity contribution is -0.138. The van der Waals surface area contributed by atoms with Gasteiger partial charge in [-0.15, -0.1) is 0 Å². The number of hydrogen-bond donors (Lipinski definition) is 0. The summed E-state index contributed by atoms with van der Waals surface area (Å²) in [6.07, 6.45) is 4.00. The standard InChI is InChI=1S/C20H22FNO4/c1-2-16-5-3-4-12-22(16)19(23)13-25-20(24)18-11-10-17(26-18)14-6-8-15(21)9-7-14/h6-11,16H,2-5,12-13H2,1H3. The first kappa shape index (κ1) is 18.2. The zero-order valence-electron chi connectivity index (χ0n) is 14.7. The van der Waals surface area contributed by atoms with Crippen molar-refractivity contribution in [3.05, 3.63) is 48.0 Å². The molecule has 138 valence electrons. The molecule has 1 atom stereocenters. The van der Waals surface area contributed by atoms with Crippen LogP contribution in [0.15, 0.2) is 40.8 Å². The number of carbonyl (C=O) groups is 2. The van der Waals surface area contributed by atoms with Gasteiger partial charge in [-0.05, 0) is 62.1 Å². The van der Waals surface area contributed by atoms with E-state index in [-0.39, 0.29) is 30.1 Å². The van der Waals surface area contributed by atoms with E-state index >= 15 is 0 Å². The van der Waals surface area contributed by atoms with E-state index in [0.29, 0.717) is 17.9 Å². The smallest absolute Gasteiger partial charge is 0.374 e. The van der Waals surface area contributed by atoms with Gasteiger partial charge in [-0.2, -0.15) is 0 Å². The van der Waals surface area contributed by atoms with Crippen molar-refractivity contribution in [1.82, 2.24) is 4.90 Å². The Balaban J connectivity index is 1.58. The second-order valence-electron chi connectivity index (χ2n) is 6.39. The van der Waals surface area contributed by atoms with Crippen LogP contribution in [0.1, 0.15) is 43.2 Å². The van der Waals surface area contributed by atoms with Crippen molar-refractivity contribution in [3.8, 4) is 11.3 Å². The van der Waals surface area contributed by atoms with Gasteiger partial charge in [0.1, 0.15) is 11.6 Å². The summed E-state index contributed by atoms with van der Waals surface area (Å²) >= 11 is 0. The molecule has 0 radical (unpaired) electrons. The number of halogens is 1. The van der Waals surface area contributed by atoms with Gasteiger partial charge >= 0.3 is 5.97 Å². The summed E-state index contributed by atoms with van der Waals surface area (Å²) in [5.41, 5.74) is 0.653. The first-order valence-electron chi connectivity index (χ1n) is 8.91. The van der Waals surface area contributed by atoms with E-state index in [2.05, 4.69) is 6.92 Å². The molecule has 1 amide bonds. The number of amides is 1. The number of furan rings is 1. The van der Waals surface area contributed by atoms with Gasteiger partial charge in [0.05, 0.1) is 0 Å². The summed E-state index contributed by atoms with van der Waals surface area (Å²) < 4.78 is 23.6. The molecule has 0 bridgehead atoms. The van der Waals surface area contributed by atoms with Crippen LogP contribution in [0.4, 0.5) is 4.39 Å². The minimum atomic E-state index is -0.684. The van der Waals surface area contributed by atoms with Gasteiger partial charge in [-0.25, -0.2) is 9.18 Å². The molecule has 2 heterocycles. The quantitative estimate of drug-likeness (QED) is 0.756. The highest BCUT2D eigenvalue weighted by Gasteiger charge is 2.26. The number of likely N-dealkylation sites (tertiary alicyclic amines) is 1. The van der Waals surface area contributed by atoms with Crippen LogP contribution in [0.25, 0.3) is 11.3 Å². The van der Waals surface area contributed by atoms with E-state index in [4.69, 9.17) is 9.15 Å². The highest BCUT2D eigenvalue weighted by Crippen LogP contribution is 2.23. The number of esters is 1. The van der Waals surface area contributed by atoms with Crippen molar-refractivity contribution in [3.63, 3.8) is 0 Å². The number of hydrogen-bond acceptors (Lipinski definition) is 4. The lowest BCUT2D eigenvalue weighted by Gasteiger charge is -2.35. The van der Waals surface area contributed by atoms with Crippen molar-refractivity contribution in [2.75, 3.05) is 13.2 Å². The summed E-state index contributed by atoms with van der Waals surface area (Å²) in [4.78, 5) is 26.3. The number of piperidine rings is 1. The molecule has 1 saturated heterocycles. The molecule has 0 aliphatic carbocycles. The van der Waals surface area contributed by atoms with Gasteiger partial charge in [0, 0.05) is 18.2 Å². The maximum atomic E-state index is 13.0. The SMILES string of the molecule is CCC1CCCCN1C(=O)COC(=O)c1ccc(-c2ccc(F)cc2)o1. The monoisotopic (exact) mass is 359 g/mol. The summed E-state index contributed by atoms with van der Waals surface area (Å²) in [7, 11) is 0. The minimum Gasteiger partial charge on any atom is -0.450 e. The Bertz CT molecular complexity index is 768. The third-order valence-electron chi connectivity index (χ3n) is 4.68. The Morgan fingerprint density at radius 3 is 2.69 bits per heavy atom. The zero-order valence-corrected chi connectivity index (χ0v) is 14.7. The topological polar surface area (TPSA) is 59.8 Å². The van der Waals surface area contributed by atoms with Gasteiger partial charge in [0.15, 0.2) is 6.61 Å². The van der Waals surface area contributed by atoms with Crippen molar-refractivity contribution in [2.24, 2.45) is 0 Å². The molecule has 6 heteroatoms. The van der Waals surface area contributed by atoms with Gasteiger partial charge in [0.25, 0.3) is 5.91 Å². The fourth-order valence-corrected chi connectivity index (χ4v) is 3.25. The molecule has 5 nitrogen and oxygen atoms in total. The van der Waals surface area contributed by atoms with Crippen LogP contribution in [0, 0.1) is 5.82 Å². The summed E-state index contributed by atoms with van der Waals surface area (Å²) in [6.45, 7) is 2.48. The molecule has 1 aromatic heterocycles. The Hall–Kier alpha value is -2.63. The Kier molecular flexibility index (Phi) is 5.71. The summed E-state index contributed by atoms with van der Waals surface area (Å²) in [6, 6.07) is 9.09. The molecule has 1 aromatic carbocycles. The number of rotatable bonds is 5. The fourth-order valence-electron chi connectivity index (χ4n) is 3.25. The Morgan fingerprint density at radius 2 is 1.96 bits per heavy atom. The van der Waals surface area contributed by atoms with Gasteiger partial charge in [0.2, 0.25) is 5.76 Å². The van der Waals surface area contributed by atoms with Crippen LogP contribution in [-0.2, 0) is 9.53 Å². The number of benzene rings is 1. The lowest BCUT2D eigenvalue weighted by atomic mass is 10.00. The molecule has 26 heavy (non-hydrogen) atoms. The second-order valence-corrected chi connectivity index (χ2v) is 6.39. The van der Waals surface area contributed by atoms with Crippen molar-refractivity contribution in [1.29, 1.82) is 0 Å². The predicted molar refractivity (Wildman–Crippen MR) is 94.0 cm³/mol. The average molecular weight is 359 g/mol. The Labute approximate surface area is 151 Å². The zero-order chi connectivity index (χ0) is 18.5. The molecule has 1 fully saturated rings. The molecular formula is C20H22FNO4. The predicted octanol–water partition coefficient (Wildman–Crippen LogP) is 4.03. The maximum Gasteiger partial charge on any atom is 0.374 e. The number of ether oxygens (including phenoxy) is 1. The lowest BCUT2D eigenvalue weighted by Crippen LogP contribution is -2.45. The van der Waals surface area contributed by atoms with Crippen LogP contribution in [0.5, 0.6) is 0 Å².